The van der Waals surface area contributed by atoms with E-state index in [9.17, 15) is 9.00 Å². The maximum absolute atomic E-state index is 12.6. The van der Waals surface area contributed by atoms with Crippen LogP contribution in [-0.2, 0) is 10.8 Å². The number of nitrogens with zero attached hydrogens (tertiary/aromatic N) is 1. The number of nitrogens with one attached hydrogen (secondary N) is 1. The molecule has 0 aromatic heterocycles. The van der Waals surface area contributed by atoms with Crippen molar-refractivity contribution in [2.24, 2.45) is 0 Å². The van der Waals surface area contributed by atoms with Gasteiger partial charge in [0.05, 0.1) is 6.04 Å². The van der Waals surface area contributed by atoms with Crippen LogP contribution in [0.15, 0.2) is 18.2 Å². The Kier molecular flexibility index (Phi) is 5.75. The van der Waals surface area contributed by atoms with Crippen molar-refractivity contribution < 1.29 is 18.5 Å². The quantitative estimate of drug-likeness (QED) is 0.872. The van der Waals surface area contributed by atoms with Crippen molar-refractivity contribution in [2.45, 2.75) is 44.4 Å². The van der Waals surface area contributed by atoms with Gasteiger partial charge in [-0.15, -0.1) is 0 Å². The summed E-state index contributed by atoms with van der Waals surface area (Å²) in [5, 5.41) is 2.93. The van der Waals surface area contributed by atoms with E-state index >= 15 is 0 Å². The van der Waals surface area contributed by atoms with Gasteiger partial charge in [-0.1, -0.05) is 6.07 Å². The lowest BCUT2D eigenvalue weighted by atomic mass is 10.0. The van der Waals surface area contributed by atoms with Crippen molar-refractivity contribution in [1.82, 2.24) is 10.2 Å². The van der Waals surface area contributed by atoms with Crippen molar-refractivity contribution in [3.05, 3.63) is 23.8 Å². The van der Waals surface area contributed by atoms with Gasteiger partial charge in [-0.25, -0.2) is 4.79 Å². The number of rotatable bonds is 4. The lowest BCUT2D eigenvalue weighted by molar-refractivity contribution is 0.170. The number of benzene rings is 1. The van der Waals surface area contributed by atoms with Crippen LogP contribution < -0.4 is 14.8 Å². The zero-order valence-electron chi connectivity index (χ0n) is 15.7. The Bertz CT molecular complexity index is 687. The molecule has 0 aliphatic carbocycles. The van der Waals surface area contributed by atoms with E-state index in [0.29, 0.717) is 25.5 Å². The average molecular weight is 381 g/mol. The first-order valence-electron chi connectivity index (χ1n) is 9.19. The van der Waals surface area contributed by atoms with Crippen LogP contribution in [0.25, 0.3) is 0 Å². The molecule has 2 amide bonds. The molecule has 1 fully saturated rings. The Labute approximate surface area is 157 Å². The number of fused-ring (bicyclic) bond motifs is 1. The van der Waals surface area contributed by atoms with Gasteiger partial charge in [0.25, 0.3) is 0 Å². The number of carbonyl (C=O) groups excluding carboxylic acids is 1. The zero-order chi connectivity index (χ0) is 18.7. The van der Waals surface area contributed by atoms with Crippen molar-refractivity contribution in [2.75, 3.05) is 32.1 Å². The molecule has 7 heteroatoms. The van der Waals surface area contributed by atoms with Crippen molar-refractivity contribution in [3.8, 4) is 11.5 Å². The maximum Gasteiger partial charge on any atom is 0.317 e. The van der Waals surface area contributed by atoms with Crippen LogP contribution in [0.4, 0.5) is 4.79 Å². The van der Waals surface area contributed by atoms with Gasteiger partial charge >= 0.3 is 6.03 Å². The monoisotopic (exact) mass is 380 g/mol. The number of likely N-dealkylation sites (tertiary alicyclic amines) is 1. The molecule has 2 atom stereocenters. The fourth-order valence-electron chi connectivity index (χ4n) is 3.28. The van der Waals surface area contributed by atoms with E-state index in [0.717, 1.165) is 36.4 Å². The summed E-state index contributed by atoms with van der Waals surface area (Å²) < 4.78 is 23.1. The topological polar surface area (TPSA) is 67.9 Å². The number of amides is 2. The second-order valence-corrected chi connectivity index (χ2v) is 9.97. The summed E-state index contributed by atoms with van der Waals surface area (Å²) in [6, 6.07) is 5.87. The van der Waals surface area contributed by atoms with Gasteiger partial charge in [0, 0.05) is 34.4 Å². The minimum atomic E-state index is -0.965. The summed E-state index contributed by atoms with van der Waals surface area (Å²) in [6.07, 6.45) is 1.90. The predicted molar refractivity (Wildman–Crippen MR) is 102 cm³/mol. The molecular formula is C19H28N2O4S. The first-order chi connectivity index (χ1) is 12.4. The van der Waals surface area contributed by atoms with Gasteiger partial charge in [0.2, 0.25) is 0 Å². The second-order valence-electron chi connectivity index (χ2n) is 7.65. The van der Waals surface area contributed by atoms with Crippen molar-refractivity contribution >= 4 is 16.8 Å². The second kappa shape index (κ2) is 7.86. The molecule has 144 valence electrons. The fraction of sp³-hybridized carbons (Fsp3) is 0.632. The minimum Gasteiger partial charge on any atom is -0.486 e. The van der Waals surface area contributed by atoms with Crippen LogP contribution in [-0.4, -0.2) is 51.9 Å². The van der Waals surface area contributed by atoms with Crippen LogP contribution in [0.2, 0.25) is 0 Å². The molecular weight excluding hydrogens is 352 g/mol. The fourth-order valence-corrected chi connectivity index (χ4v) is 4.18. The summed E-state index contributed by atoms with van der Waals surface area (Å²) in [5.41, 5.74) is 1.07. The lowest BCUT2D eigenvalue weighted by Gasteiger charge is -2.27. The van der Waals surface area contributed by atoms with E-state index < -0.39 is 10.8 Å². The molecule has 0 spiro atoms. The standard InChI is InChI=1S/C19H28N2O4S/c1-19(2,3)26(23)12-8-20-18(22)21-9-4-5-15(21)14-6-7-16-17(13-14)25-11-10-24-16/h6-7,13,15H,4-5,8-12H2,1-3H3,(H,20,22). The van der Waals surface area contributed by atoms with Crippen LogP contribution in [0.5, 0.6) is 11.5 Å². The van der Waals surface area contributed by atoms with Crippen LogP contribution in [0.3, 0.4) is 0 Å². The Morgan fingerprint density at radius 1 is 1.27 bits per heavy atom. The Morgan fingerprint density at radius 2 is 2.00 bits per heavy atom. The molecule has 0 saturated carbocycles. The molecule has 2 aliphatic heterocycles. The van der Waals surface area contributed by atoms with E-state index in [4.69, 9.17) is 9.47 Å². The number of carbonyl (C=O) groups is 1. The third-order valence-electron chi connectivity index (χ3n) is 4.71. The summed E-state index contributed by atoms with van der Waals surface area (Å²) in [6.45, 7) is 8.12. The zero-order valence-corrected chi connectivity index (χ0v) is 16.6. The molecule has 0 radical (unpaired) electrons. The van der Waals surface area contributed by atoms with Gasteiger partial charge in [-0.3, -0.25) is 4.21 Å². The summed E-state index contributed by atoms with van der Waals surface area (Å²) in [5.74, 6) is 1.98. The summed E-state index contributed by atoms with van der Waals surface area (Å²) in [4.78, 5) is 14.5. The Balaban J connectivity index is 1.61. The third-order valence-corrected chi connectivity index (χ3v) is 6.65. The van der Waals surface area contributed by atoms with E-state index in [1.807, 2.05) is 43.9 Å². The SMILES string of the molecule is CC(C)(C)S(=O)CCNC(=O)N1CCCC1c1ccc2c(c1)OCCO2. The normalized spacial score (nSPS) is 20.7. The largest absolute Gasteiger partial charge is 0.486 e. The highest BCUT2D eigenvalue weighted by molar-refractivity contribution is 7.86. The van der Waals surface area contributed by atoms with Gasteiger partial charge < -0.3 is 19.7 Å². The average Bonchev–Trinajstić information content (AvgIpc) is 3.10. The van der Waals surface area contributed by atoms with E-state index in [-0.39, 0.29) is 16.8 Å². The molecule has 1 saturated heterocycles. The number of urea groups is 1. The molecule has 6 nitrogen and oxygen atoms in total. The van der Waals surface area contributed by atoms with Crippen LogP contribution >= 0.6 is 0 Å². The highest BCUT2D eigenvalue weighted by atomic mass is 32.2. The molecule has 2 heterocycles. The van der Waals surface area contributed by atoms with Gasteiger partial charge in [0.1, 0.15) is 13.2 Å². The Hall–Kier alpha value is -1.76. The van der Waals surface area contributed by atoms with Gasteiger partial charge in [-0.2, -0.15) is 0 Å². The van der Waals surface area contributed by atoms with Gasteiger partial charge in [0.15, 0.2) is 11.5 Å². The minimum absolute atomic E-state index is 0.0407. The predicted octanol–water partition coefficient (Wildman–Crippen LogP) is 2.85. The summed E-state index contributed by atoms with van der Waals surface area (Å²) >= 11 is 0. The van der Waals surface area contributed by atoms with Crippen molar-refractivity contribution in [3.63, 3.8) is 0 Å². The molecule has 0 bridgehead atoms. The first-order valence-corrected chi connectivity index (χ1v) is 10.5. The third kappa shape index (κ3) is 4.31. The number of hydrogen-bond donors (Lipinski definition) is 1. The smallest absolute Gasteiger partial charge is 0.317 e. The molecule has 2 unspecified atom stereocenters. The molecule has 3 rings (SSSR count). The van der Waals surface area contributed by atoms with Crippen LogP contribution in [0.1, 0.15) is 45.2 Å². The highest BCUT2D eigenvalue weighted by Crippen LogP contribution is 2.38. The van der Waals surface area contributed by atoms with Gasteiger partial charge in [-0.05, 0) is 51.3 Å². The maximum atomic E-state index is 12.6. The number of hydrogen-bond acceptors (Lipinski definition) is 4. The highest BCUT2D eigenvalue weighted by Gasteiger charge is 2.31. The summed E-state index contributed by atoms with van der Waals surface area (Å²) in [7, 11) is -0.965. The van der Waals surface area contributed by atoms with E-state index in [1.54, 1.807) is 0 Å². The van der Waals surface area contributed by atoms with E-state index in [1.165, 1.54) is 0 Å². The Morgan fingerprint density at radius 3 is 2.73 bits per heavy atom. The van der Waals surface area contributed by atoms with Crippen molar-refractivity contribution in [1.29, 1.82) is 0 Å². The van der Waals surface area contributed by atoms with E-state index in [2.05, 4.69) is 5.32 Å². The van der Waals surface area contributed by atoms with Crippen LogP contribution in [0, 0.1) is 0 Å². The first kappa shape index (κ1) is 19.0. The molecule has 2 aliphatic rings. The molecule has 1 aromatic rings. The molecule has 1 aromatic carbocycles. The number of ether oxygens (including phenoxy) is 2. The molecule has 1 N–H and O–H groups in total. The lowest BCUT2D eigenvalue weighted by Crippen LogP contribution is -2.41. The molecule has 26 heavy (non-hydrogen) atoms.